The second kappa shape index (κ2) is 9.78. The van der Waals surface area contributed by atoms with Gasteiger partial charge < -0.3 is 21.1 Å². The topological polar surface area (TPSA) is 93.5 Å². The summed E-state index contributed by atoms with van der Waals surface area (Å²) >= 11 is 0. The molecule has 1 aromatic rings. The van der Waals surface area contributed by atoms with Crippen molar-refractivity contribution in [2.24, 2.45) is 5.73 Å². The standard InChI is InChI=1S/C16H25N3O3/c1-3-4-6-15(20)18-13-9-8-12(22-2)11-14(13)19-16(21)7-5-10-17/h8-9,11H,3-7,10,17H2,1-2H3,(H,18,20)(H,19,21). The third kappa shape index (κ3) is 6.13. The number of carbonyl (C=O) groups is 2. The van der Waals surface area contributed by atoms with Gasteiger partial charge in [-0.1, -0.05) is 13.3 Å². The molecule has 1 aromatic carbocycles. The van der Waals surface area contributed by atoms with Gasteiger partial charge in [-0.15, -0.1) is 0 Å². The zero-order chi connectivity index (χ0) is 16.4. The Kier molecular flexibility index (Phi) is 7.99. The first kappa shape index (κ1) is 18.0. The second-order valence-electron chi connectivity index (χ2n) is 5.00. The zero-order valence-electron chi connectivity index (χ0n) is 13.3. The molecular formula is C16H25N3O3. The van der Waals surface area contributed by atoms with Crippen LogP contribution in [-0.4, -0.2) is 25.5 Å². The quantitative estimate of drug-likeness (QED) is 0.653. The molecular weight excluding hydrogens is 282 g/mol. The molecule has 0 saturated carbocycles. The minimum absolute atomic E-state index is 0.0653. The number of unbranched alkanes of at least 4 members (excludes halogenated alkanes) is 1. The fourth-order valence-corrected chi connectivity index (χ4v) is 1.89. The summed E-state index contributed by atoms with van der Waals surface area (Å²) in [6, 6.07) is 5.15. The number of rotatable bonds is 9. The van der Waals surface area contributed by atoms with Crippen LogP contribution in [-0.2, 0) is 9.59 Å². The molecule has 0 atom stereocenters. The second-order valence-corrected chi connectivity index (χ2v) is 5.00. The molecule has 1 rings (SSSR count). The van der Waals surface area contributed by atoms with Crippen LogP contribution in [0.3, 0.4) is 0 Å². The minimum atomic E-state index is -0.136. The molecule has 0 unspecified atom stereocenters. The number of amides is 2. The van der Waals surface area contributed by atoms with Gasteiger partial charge in [-0.05, 0) is 31.5 Å². The van der Waals surface area contributed by atoms with Crippen molar-refractivity contribution in [2.75, 3.05) is 24.3 Å². The molecule has 22 heavy (non-hydrogen) atoms. The van der Waals surface area contributed by atoms with E-state index in [1.54, 1.807) is 25.3 Å². The molecule has 0 saturated heterocycles. The summed E-state index contributed by atoms with van der Waals surface area (Å²) in [4.78, 5) is 23.7. The predicted molar refractivity (Wildman–Crippen MR) is 88.1 cm³/mol. The van der Waals surface area contributed by atoms with Crippen LogP contribution in [0.25, 0.3) is 0 Å². The molecule has 0 aliphatic carbocycles. The van der Waals surface area contributed by atoms with Crippen molar-refractivity contribution in [1.82, 2.24) is 0 Å². The van der Waals surface area contributed by atoms with Crippen LogP contribution < -0.4 is 21.1 Å². The lowest BCUT2D eigenvalue weighted by Gasteiger charge is -2.14. The highest BCUT2D eigenvalue weighted by Crippen LogP contribution is 2.27. The van der Waals surface area contributed by atoms with Crippen LogP contribution in [0.2, 0.25) is 0 Å². The first-order valence-electron chi connectivity index (χ1n) is 7.58. The third-order valence-electron chi connectivity index (χ3n) is 3.14. The maximum atomic E-state index is 11.9. The van der Waals surface area contributed by atoms with Gasteiger partial charge in [-0.3, -0.25) is 9.59 Å². The van der Waals surface area contributed by atoms with Crippen molar-refractivity contribution < 1.29 is 14.3 Å². The van der Waals surface area contributed by atoms with Gasteiger partial charge >= 0.3 is 0 Å². The summed E-state index contributed by atoms with van der Waals surface area (Å²) in [5.41, 5.74) is 6.51. The number of hydrogen-bond donors (Lipinski definition) is 3. The summed E-state index contributed by atoms with van der Waals surface area (Å²) < 4.78 is 5.16. The summed E-state index contributed by atoms with van der Waals surface area (Å²) in [6.45, 7) is 2.50. The lowest BCUT2D eigenvalue weighted by atomic mass is 10.2. The molecule has 0 bridgehead atoms. The van der Waals surface area contributed by atoms with Crippen LogP contribution in [0.4, 0.5) is 11.4 Å². The number of carbonyl (C=O) groups excluding carboxylic acids is 2. The summed E-state index contributed by atoms with van der Waals surface area (Å²) in [7, 11) is 1.55. The van der Waals surface area contributed by atoms with E-state index in [-0.39, 0.29) is 11.8 Å². The molecule has 4 N–H and O–H groups in total. The van der Waals surface area contributed by atoms with E-state index in [2.05, 4.69) is 10.6 Å². The molecule has 2 amide bonds. The Bertz CT molecular complexity index is 503. The number of nitrogens with two attached hydrogens (primary N) is 1. The van der Waals surface area contributed by atoms with Gasteiger partial charge in [0.25, 0.3) is 0 Å². The van der Waals surface area contributed by atoms with Gasteiger partial charge in [-0.2, -0.15) is 0 Å². The lowest BCUT2D eigenvalue weighted by molar-refractivity contribution is -0.117. The van der Waals surface area contributed by atoms with Crippen LogP contribution in [0, 0.1) is 0 Å². The van der Waals surface area contributed by atoms with Gasteiger partial charge in [0.2, 0.25) is 11.8 Å². The van der Waals surface area contributed by atoms with Gasteiger partial charge in [0.1, 0.15) is 5.75 Å². The number of nitrogens with one attached hydrogen (secondary N) is 2. The van der Waals surface area contributed by atoms with E-state index in [0.29, 0.717) is 42.9 Å². The molecule has 0 aliphatic heterocycles. The minimum Gasteiger partial charge on any atom is -0.497 e. The summed E-state index contributed by atoms with van der Waals surface area (Å²) in [6.07, 6.45) is 3.22. The monoisotopic (exact) mass is 307 g/mol. The van der Waals surface area contributed by atoms with Gasteiger partial charge in [0.05, 0.1) is 18.5 Å². The Balaban J connectivity index is 2.82. The molecule has 122 valence electrons. The molecule has 0 spiro atoms. The first-order valence-corrected chi connectivity index (χ1v) is 7.58. The first-order chi connectivity index (χ1) is 10.6. The average molecular weight is 307 g/mol. The van der Waals surface area contributed by atoms with Gasteiger partial charge in [-0.25, -0.2) is 0 Å². The number of benzene rings is 1. The van der Waals surface area contributed by atoms with Crippen LogP contribution in [0.1, 0.15) is 39.0 Å². The van der Waals surface area contributed by atoms with E-state index < -0.39 is 0 Å². The number of methoxy groups -OCH3 is 1. The maximum absolute atomic E-state index is 11.9. The zero-order valence-corrected chi connectivity index (χ0v) is 13.3. The largest absolute Gasteiger partial charge is 0.497 e. The number of hydrogen-bond acceptors (Lipinski definition) is 4. The van der Waals surface area contributed by atoms with Crippen molar-refractivity contribution >= 4 is 23.2 Å². The number of anilines is 2. The highest BCUT2D eigenvalue weighted by molar-refractivity contribution is 5.99. The van der Waals surface area contributed by atoms with Crippen molar-refractivity contribution in [2.45, 2.75) is 39.0 Å². The van der Waals surface area contributed by atoms with Crippen molar-refractivity contribution in [1.29, 1.82) is 0 Å². The molecule has 0 radical (unpaired) electrons. The van der Waals surface area contributed by atoms with Crippen molar-refractivity contribution in [3.05, 3.63) is 18.2 Å². The van der Waals surface area contributed by atoms with Crippen LogP contribution >= 0.6 is 0 Å². The third-order valence-corrected chi connectivity index (χ3v) is 3.14. The SMILES string of the molecule is CCCCC(=O)Nc1ccc(OC)cc1NC(=O)CCCN. The molecule has 6 heteroatoms. The highest BCUT2D eigenvalue weighted by Gasteiger charge is 2.11. The van der Waals surface area contributed by atoms with Crippen molar-refractivity contribution in [3.63, 3.8) is 0 Å². The van der Waals surface area contributed by atoms with Crippen LogP contribution in [0.15, 0.2) is 18.2 Å². The smallest absolute Gasteiger partial charge is 0.224 e. The van der Waals surface area contributed by atoms with E-state index in [9.17, 15) is 9.59 Å². The Morgan fingerprint density at radius 2 is 1.73 bits per heavy atom. The van der Waals surface area contributed by atoms with Gasteiger partial charge in [0.15, 0.2) is 0 Å². The van der Waals surface area contributed by atoms with E-state index in [4.69, 9.17) is 10.5 Å². The molecule has 0 heterocycles. The van der Waals surface area contributed by atoms with Crippen molar-refractivity contribution in [3.8, 4) is 5.75 Å². The van der Waals surface area contributed by atoms with E-state index >= 15 is 0 Å². The van der Waals surface area contributed by atoms with Gasteiger partial charge in [0, 0.05) is 18.9 Å². The lowest BCUT2D eigenvalue weighted by Crippen LogP contribution is -2.17. The average Bonchev–Trinajstić information content (AvgIpc) is 2.52. The van der Waals surface area contributed by atoms with E-state index in [0.717, 1.165) is 12.8 Å². The Morgan fingerprint density at radius 3 is 2.32 bits per heavy atom. The molecule has 6 nitrogen and oxygen atoms in total. The number of ether oxygens (including phenoxy) is 1. The molecule has 0 fully saturated rings. The summed E-state index contributed by atoms with van der Waals surface area (Å²) in [5, 5.41) is 5.62. The summed E-state index contributed by atoms with van der Waals surface area (Å²) in [5.74, 6) is 0.410. The fraction of sp³-hybridized carbons (Fsp3) is 0.500. The predicted octanol–water partition coefficient (Wildman–Crippen LogP) is 2.50. The van der Waals surface area contributed by atoms with Crippen LogP contribution in [0.5, 0.6) is 5.75 Å². The van der Waals surface area contributed by atoms with E-state index in [1.165, 1.54) is 0 Å². The fourth-order valence-electron chi connectivity index (χ4n) is 1.89. The normalized spacial score (nSPS) is 10.1. The Labute approximate surface area is 131 Å². The maximum Gasteiger partial charge on any atom is 0.224 e. The highest BCUT2D eigenvalue weighted by atomic mass is 16.5. The van der Waals surface area contributed by atoms with E-state index in [1.807, 2.05) is 6.92 Å². The molecule has 0 aliphatic rings. The Morgan fingerprint density at radius 1 is 1.09 bits per heavy atom. The Hall–Kier alpha value is -2.08. The molecule has 0 aromatic heterocycles.